The Morgan fingerprint density at radius 2 is 2.07 bits per heavy atom. The third kappa shape index (κ3) is 4.47. The van der Waals surface area contributed by atoms with Crippen molar-refractivity contribution < 1.29 is 9.18 Å². The number of amides is 1. The molecule has 2 aliphatic rings. The molecule has 0 radical (unpaired) electrons. The SMILES string of the molecule is CC(=O)N1CCCCC1.CN=C(N=CN)C1CNc2cc(F)cc3c(=O)[nH]nc1c23. The molecule has 9 nitrogen and oxygen atoms in total. The third-order valence-electron chi connectivity index (χ3n) is 5.26. The molecule has 0 bridgehead atoms. The zero-order valence-corrected chi connectivity index (χ0v) is 17.1. The van der Waals surface area contributed by atoms with E-state index in [1.165, 1.54) is 31.4 Å². The molecule has 0 spiro atoms. The first-order valence-corrected chi connectivity index (χ1v) is 9.88. The van der Waals surface area contributed by atoms with E-state index in [-0.39, 0.29) is 17.2 Å². The van der Waals surface area contributed by atoms with Crippen LogP contribution in [0.2, 0.25) is 0 Å². The predicted molar refractivity (Wildman–Crippen MR) is 116 cm³/mol. The number of rotatable bonds is 1. The van der Waals surface area contributed by atoms with E-state index >= 15 is 0 Å². The van der Waals surface area contributed by atoms with Crippen LogP contribution in [0.25, 0.3) is 10.8 Å². The number of anilines is 1. The number of nitrogens with two attached hydrogens (primary N) is 1. The van der Waals surface area contributed by atoms with E-state index in [1.807, 2.05) is 4.90 Å². The molecule has 3 heterocycles. The second-order valence-electron chi connectivity index (χ2n) is 7.17. The molecule has 10 heteroatoms. The number of aromatic nitrogens is 2. The van der Waals surface area contributed by atoms with E-state index in [0.717, 1.165) is 19.4 Å². The summed E-state index contributed by atoms with van der Waals surface area (Å²) in [5, 5.41) is 10.4. The van der Waals surface area contributed by atoms with Gasteiger partial charge < -0.3 is 16.0 Å². The molecule has 1 aromatic heterocycles. The summed E-state index contributed by atoms with van der Waals surface area (Å²) >= 11 is 0. The van der Waals surface area contributed by atoms with Crippen LogP contribution < -0.4 is 16.6 Å². The Morgan fingerprint density at radius 3 is 2.67 bits per heavy atom. The number of benzene rings is 1. The molecule has 1 atom stereocenters. The lowest BCUT2D eigenvalue weighted by molar-refractivity contribution is -0.129. The second-order valence-corrected chi connectivity index (χ2v) is 7.17. The van der Waals surface area contributed by atoms with Crippen molar-refractivity contribution in [2.75, 3.05) is 32.0 Å². The molecule has 30 heavy (non-hydrogen) atoms. The average Bonchev–Trinajstić information content (AvgIpc) is 2.75. The van der Waals surface area contributed by atoms with Gasteiger partial charge in [0, 0.05) is 44.7 Å². The van der Waals surface area contributed by atoms with Crippen LogP contribution in [-0.4, -0.2) is 59.9 Å². The maximum absolute atomic E-state index is 13.6. The largest absolute Gasteiger partial charge is 0.390 e. The van der Waals surface area contributed by atoms with Crippen molar-refractivity contribution in [1.29, 1.82) is 0 Å². The maximum Gasteiger partial charge on any atom is 0.272 e. The number of carbonyl (C=O) groups excluding carboxylic acids is 1. The summed E-state index contributed by atoms with van der Waals surface area (Å²) in [5.41, 5.74) is 6.04. The van der Waals surface area contributed by atoms with Gasteiger partial charge in [0.1, 0.15) is 11.7 Å². The van der Waals surface area contributed by atoms with Crippen LogP contribution in [0, 0.1) is 5.82 Å². The Hall–Kier alpha value is -3.30. The Morgan fingerprint density at radius 1 is 1.33 bits per heavy atom. The molecule has 1 fully saturated rings. The summed E-state index contributed by atoms with van der Waals surface area (Å²) in [6, 6.07) is 2.54. The Balaban J connectivity index is 0.000000239. The number of nitrogens with zero attached hydrogens (tertiary/aromatic N) is 4. The molecule has 0 aliphatic carbocycles. The van der Waals surface area contributed by atoms with Gasteiger partial charge in [-0.25, -0.2) is 14.5 Å². The van der Waals surface area contributed by atoms with Gasteiger partial charge in [-0.15, -0.1) is 0 Å². The fourth-order valence-corrected chi connectivity index (χ4v) is 3.79. The first-order chi connectivity index (χ1) is 14.5. The van der Waals surface area contributed by atoms with Crippen molar-refractivity contribution in [2.45, 2.75) is 32.1 Å². The maximum atomic E-state index is 13.6. The van der Waals surface area contributed by atoms with E-state index in [0.29, 0.717) is 29.1 Å². The smallest absolute Gasteiger partial charge is 0.272 e. The average molecular weight is 415 g/mol. The monoisotopic (exact) mass is 415 g/mol. The molecular formula is C20H26FN7O2. The van der Waals surface area contributed by atoms with Gasteiger partial charge in [-0.3, -0.25) is 14.6 Å². The van der Waals surface area contributed by atoms with Gasteiger partial charge in [0.15, 0.2) is 0 Å². The summed E-state index contributed by atoms with van der Waals surface area (Å²) in [7, 11) is 1.60. The predicted octanol–water partition coefficient (Wildman–Crippen LogP) is 1.61. The normalized spacial score (nSPS) is 18.7. The Bertz CT molecular complexity index is 1040. The molecule has 160 valence electrons. The minimum Gasteiger partial charge on any atom is -0.390 e. The lowest BCUT2D eigenvalue weighted by Crippen LogP contribution is -2.33. The summed E-state index contributed by atoms with van der Waals surface area (Å²) in [6.45, 7) is 4.05. The highest BCUT2D eigenvalue weighted by atomic mass is 19.1. The number of hydrogen-bond acceptors (Lipinski definition) is 5. The number of piperidine rings is 1. The van der Waals surface area contributed by atoms with Crippen molar-refractivity contribution in [3.05, 3.63) is 34.0 Å². The first-order valence-electron chi connectivity index (χ1n) is 9.88. The highest BCUT2D eigenvalue weighted by Gasteiger charge is 2.28. The standard InChI is InChI=1S/C13H13FN6O.C7H13NO/c1-16-12(18-5-15)8-4-17-9-3-6(14)2-7-10(9)11(8)19-20-13(7)21;1-7(9)8-5-3-2-4-6-8/h2-3,5,8,17H,4H2,1H3,(H,20,21)(H2,15,16,18);2-6H2,1H3. The van der Waals surface area contributed by atoms with Gasteiger partial charge in [-0.05, 0) is 31.4 Å². The molecular weight excluding hydrogens is 389 g/mol. The molecule has 1 saturated heterocycles. The van der Waals surface area contributed by atoms with Crippen molar-refractivity contribution >= 4 is 34.5 Å². The van der Waals surface area contributed by atoms with Gasteiger partial charge in [0.2, 0.25) is 5.91 Å². The number of nitrogens with one attached hydrogen (secondary N) is 2. The Kier molecular flexibility index (Phi) is 6.76. The topological polar surface area (TPSA) is 129 Å². The van der Waals surface area contributed by atoms with Crippen molar-refractivity contribution in [3.8, 4) is 0 Å². The van der Waals surface area contributed by atoms with Gasteiger partial charge in [0.05, 0.1) is 23.3 Å². The van der Waals surface area contributed by atoms with E-state index in [9.17, 15) is 14.0 Å². The van der Waals surface area contributed by atoms with Crippen molar-refractivity contribution in [3.63, 3.8) is 0 Å². The van der Waals surface area contributed by atoms with E-state index in [2.05, 4.69) is 25.5 Å². The highest BCUT2D eigenvalue weighted by molar-refractivity contribution is 6.03. The number of likely N-dealkylation sites (tertiary alicyclic amines) is 1. The first kappa shape index (κ1) is 21.4. The summed E-state index contributed by atoms with van der Waals surface area (Å²) in [6.07, 6.45) is 4.84. The number of aromatic amines is 1. The molecule has 0 saturated carbocycles. The third-order valence-corrected chi connectivity index (χ3v) is 5.26. The van der Waals surface area contributed by atoms with Crippen LogP contribution in [0.15, 0.2) is 26.9 Å². The number of halogens is 1. The number of hydrogen-bond donors (Lipinski definition) is 3. The van der Waals surface area contributed by atoms with Crippen molar-refractivity contribution in [1.82, 2.24) is 15.1 Å². The molecule has 2 aliphatic heterocycles. The summed E-state index contributed by atoms with van der Waals surface area (Å²) in [5.74, 6) is -0.0295. The lowest BCUT2D eigenvalue weighted by atomic mass is 9.94. The molecule has 4 N–H and O–H groups in total. The zero-order chi connectivity index (χ0) is 21.7. The number of H-pyrrole nitrogens is 1. The van der Waals surface area contributed by atoms with E-state index < -0.39 is 11.4 Å². The quantitative estimate of drug-likeness (QED) is 0.481. The van der Waals surface area contributed by atoms with Crippen LogP contribution in [0.3, 0.4) is 0 Å². The minimum atomic E-state index is -0.476. The van der Waals surface area contributed by atoms with Gasteiger partial charge in [-0.2, -0.15) is 5.10 Å². The minimum absolute atomic E-state index is 0.231. The van der Waals surface area contributed by atoms with Gasteiger partial charge in [-0.1, -0.05) is 0 Å². The lowest BCUT2D eigenvalue weighted by Gasteiger charge is -2.25. The zero-order valence-electron chi connectivity index (χ0n) is 17.1. The highest BCUT2D eigenvalue weighted by Crippen LogP contribution is 2.34. The molecule has 4 rings (SSSR count). The number of aliphatic imine (C=N–C) groups is 2. The Labute approximate surface area is 173 Å². The van der Waals surface area contributed by atoms with Gasteiger partial charge >= 0.3 is 0 Å². The fourth-order valence-electron chi connectivity index (χ4n) is 3.79. The van der Waals surface area contributed by atoms with Crippen LogP contribution in [0.1, 0.15) is 37.8 Å². The molecule has 1 aromatic carbocycles. The summed E-state index contributed by atoms with van der Waals surface area (Å²) < 4.78 is 13.6. The van der Waals surface area contributed by atoms with Crippen LogP contribution in [0.4, 0.5) is 10.1 Å². The van der Waals surface area contributed by atoms with Gasteiger partial charge in [0.25, 0.3) is 5.56 Å². The molecule has 2 aromatic rings. The second kappa shape index (κ2) is 9.47. The summed E-state index contributed by atoms with van der Waals surface area (Å²) in [4.78, 5) is 32.6. The van der Waals surface area contributed by atoms with E-state index in [1.54, 1.807) is 14.0 Å². The molecule has 1 amide bonds. The van der Waals surface area contributed by atoms with E-state index in [4.69, 9.17) is 5.73 Å². The van der Waals surface area contributed by atoms with Crippen LogP contribution in [-0.2, 0) is 4.79 Å². The fraction of sp³-hybridized carbons (Fsp3) is 0.450. The van der Waals surface area contributed by atoms with Crippen LogP contribution >= 0.6 is 0 Å². The molecule has 1 unspecified atom stereocenters. The number of carbonyl (C=O) groups is 1. The number of amidine groups is 1. The van der Waals surface area contributed by atoms with Crippen molar-refractivity contribution in [2.24, 2.45) is 15.7 Å². The van der Waals surface area contributed by atoms with Crippen LogP contribution in [0.5, 0.6) is 0 Å².